The minimum atomic E-state index is -0.416. The first-order valence-electron chi connectivity index (χ1n) is 6.43. The Bertz CT molecular complexity index is 578. The lowest BCUT2D eigenvalue weighted by atomic mass is 10.1. The third-order valence-electron chi connectivity index (χ3n) is 3.15. The van der Waals surface area contributed by atoms with E-state index in [1.165, 1.54) is 6.07 Å². The topological polar surface area (TPSA) is 17.8 Å². The van der Waals surface area contributed by atoms with Crippen LogP contribution in [0, 0.1) is 11.7 Å². The Morgan fingerprint density at radius 1 is 1.37 bits per heavy atom. The molecule has 0 amide bonds. The fraction of sp³-hybridized carbons (Fsp3) is 0.500. The lowest BCUT2D eigenvalue weighted by molar-refractivity contribution is 0.511. The molecule has 0 aliphatic carbocycles. The molecule has 5 heteroatoms. The highest BCUT2D eigenvalue weighted by Crippen LogP contribution is 2.25. The number of aryl methyl sites for hydroxylation is 1. The molecule has 0 unspecified atom stereocenters. The van der Waals surface area contributed by atoms with Crippen LogP contribution in [-0.4, -0.2) is 9.55 Å². The molecule has 1 aromatic carbocycles. The van der Waals surface area contributed by atoms with Crippen LogP contribution in [-0.2, 0) is 12.4 Å². The van der Waals surface area contributed by atoms with Crippen molar-refractivity contribution in [3.8, 4) is 0 Å². The van der Waals surface area contributed by atoms with E-state index in [0.717, 1.165) is 30.7 Å². The SMILES string of the molecule is CC(C)CCCn1c(CCl)nc2cc(Cl)c(F)cc21. The predicted octanol–water partition coefficient (Wildman–Crippen LogP) is 5.00. The van der Waals surface area contributed by atoms with Gasteiger partial charge in [-0.3, -0.25) is 0 Å². The molecule has 0 aliphatic heterocycles. The first-order valence-corrected chi connectivity index (χ1v) is 7.34. The first kappa shape index (κ1) is 14.6. The highest BCUT2D eigenvalue weighted by molar-refractivity contribution is 6.31. The number of hydrogen-bond acceptors (Lipinski definition) is 1. The maximum Gasteiger partial charge on any atom is 0.144 e. The normalized spacial score (nSPS) is 11.7. The van der Waals surface area contributed by atoms with Gasteiger partial charge in [0.05, 0.1) is 21.9 Å². The Labute approximate surface area is 122 Å². The van der Waals surface area contributed by atoms with Gasteiger partial charge in [0.15, 0.2) is 0 Å². The maximum atomic E-state index is 13.6. The van der Waals surface area contributed by atoms with Gasteiger partial charge in [-0.15, -0.1) is 11.6 Å². The lowest BCUT2D eigenvalue weighted by Gasteiger charge is -2.09. The summed E-state index contributed by atoms with van der Waals surface area (Å²) in [4.78, 5) is 4.41. The van der Waals surface area contributed by atoms with Gasteiger partial charge in [-0.2, -0.15) is 0 Å². The van der Waals surface area contributed by atoms with Crippen molar-refractivity contribution in [1.82, 2.24) is 9.55 Å². The third kappa shape index (κ3) is 3.21. The van der Waals surface area contributed by atoms with E-state index in [9.17, 15) is 4.39 Å². The number of imidazole rings is 1. The molecule has 0 saturated heterocycles. The second-order valence-electron chi connectivity index (χ2n) is 5.10. The van der Waals surface area contributed by atoms with Gasteiger partial charge in [-0.05, 0) is 24.8 Å². The summed E-state index contributed by atoms with van der Waals surface area (Å²) in [6.07, 6.45) is 2.15. The standard InChI is InChI=1S/C14H17Cl2FN2/c1-9(2)4-3-5-19-13-7-11(17)10(16)6-12(13)18-14(19)8-15/h6-7,9H,3-5,8H2,1-2H3. The molecule has 0 N–H and O–H groups in total. The van der Waals surface area contributed by atoms with E-state index in [1.54, 1.807) is 6.07 Å². The van der Waals surface area contributed by atoms with Crippen molar-refractivity contribution in [3.63, 3.8) is 0 Å². The summed E-state index contributed by atoms with van der Waals surface area (Å²) in [6.45, 7) is 5.18. The number of halogens is 3. The van der Waals surface area contributed by atoms with E-state index in [2.05, 4.69) is 18.8 Å². The van der Waals surface area contributed by atoms with E-state index >= 15 is 0 Å². The Morgan fingerprint density at radius 2 is 2.11 bits per heavy atom. The molecular formula is C14H17Cl2FN2. The summed E-state index contributed by atoms with van der Waals surface area (Å²) in [6, 6.07) is 3.00. The van der Waals surface area contributed by atoms with Crippen molar-refractivity contribution in [1.29, 1.82) is 0 Å². The second kappa shape index (κ2) is 6.10. The zero-order valence-corrected chi connectivity index (χ0v) is 12.6. The molecule has 1 aromatic heterocycles. The smallest absolute Gasteiger partial charge is 0.144 e. The quantitative estimate of drug-likeness (QED) is 0.710. The molecule has 0 aliphatic rings. The van der Waals surface area contributed by atoms with Gasteiger partial charge in [-0.1, -0.05) is 25.4 Å². The van der Waals surface area contributed by atoms with Crippen molar-refractivity contribution >= 4 is 34.2 Å². The Balaban J connectivity index is 2.36. The van der Waals surface area contributed by atoms with Crippen molar-refractivity contribution in [2.24, 2.45) is 5.92 Å². The van der Waals surface area contributed by atoms with Crippen LogP contribution in [0.1, 0.15) is 32.5 Å². The minimum Gasteiger partial charge on any atom is -0.327 e. The highest BCUT2D eigenvalue weighted by Gasteiger charge is 2.13. The number of rotatable bonds is 5. The molecule has 0 bridgehead atoms. The number of alkyl halides is 1. The van der Waals surface area contributed by atoms with E-state index in [-0.39, 0.29) is 5.02 Å². The van der Waals surface area contributed by atoms with Crippen LogP contribution in [0.5, 0.6) is 0 Å². The molecule has 104 valence electrons. The van der Waals surface area contributed by atoms with E-state index in [4.69, 9.17) is 23.2 Å². The van der Waals surface area contributed by atoms with Crippen LogP contribution in [0.25, 0.3) is 11.0 Å². The van der Waals surface area contributed by atoms with Crippen LogP contribution in [0.4, 0.5) is 4.39 Å². The van der Waals surface area contributed by atoms with Crippen molar-refractivity contribution in [2.45, 2.75) is 39.1 Å². The summed E-state index contributed by atoms with van der Waals surface area (Å²) < 4.78 is 15.6. The van der Waals surface area contributed by atoms with E-state index < -0.39 is 5.82 Å². The van der Waals surface area contributed by atoms with Crippen LogP contribution >= 0.6 is 23.2 Å². The highest BCUT2D eigenvalue weighted by atomic mass is 35.5. The molecular weight excluding hydrogens is 286 g/mol. The maximum absolute atomic E-state index is 13.6. The first-order chi connectivity index (χ1) is 9.02. The van der Waals surface area contributed by atoms with Gasteiger partial charge < -0.3 is 4.57 Å². The minimum absolute atomic E-state index is 0.0976. The van der Waals surface area contributed by atoms with E-state index in [0.29, 0.717) is 17.3 Å². The van der Waals surface area contributed by atoms with Gasteiger partial charge in [0, 0.05) is 12.6 Å². The zero-order valence-electron chi connectivity index (χ0n) is 11.1. The lowest BCUT2D eigenvalue weighted by Crippen LogP contribution is -2.04. The average Bonchev–Trinajstić information content (AvgIpc) is 2.67. The van der Waals surface area contributed by atoms with Crippen LogP contribution in [0.15, 0.2) is 12.1 Å². The molecule has 2 nitrogen and oxygen atoms in total. The van der Waals surface area contributed by atoms with Gasteiger partial charge >= 0.3 is 0 Å². The molecule has 0 radical (unpaired) electrons. The number of benzene rings is 1. The molecule has 0 fully saturated rings. The van der Waals surface area contributed by atoms with Gasteiger partial charge in [0.25, 0.3) is 0 Å². The van der Waals surface area contributed by atoms with Crippen LogP contribution < -0.4 is 0 Å². The molecule has 0 spiro atoms. The summed E-state index contributed by atoms with van der Waals surface area (Å²) in [5, 5.41) is 0.0976. The summed E-state index contributed by atoms with van der Waals surface area (Å²) in [7, 11) is 0. The fourth-order valence-electron chi connectivity index (χ4n) is 2.18. The molecule has 0 saturated carbocycles. The number of hydrogen-bond donors (Lipinski definition) is 0. The van der Waals surface area contributed by atoms with E-state index in [1.807, 2.05) is 4.57 Å². The monoisotopic (exact) mass is 302 g/mol. The summed E-state index contributed by atoms with van der Waals surface area (Å²) in [5.41, 5.74) is 1.47. The molecule has 1 heterocycles. The molecule has 2 aromatic rings. The Morgan fingerprint density at radius 3 is 2.74 bits per heavy atom. The predicted molar refractivity (Wildman–Crippen MR) is 78.3 cm³/mol. The van der Waals surface area contributed by atoms with Gasteiger partial charge in [-0.25, -0.2) is 9.37 Å². The molecule has 2 rings (SSSR count). The third-order valence-corrected chi connectivity index (χ3v) is 3.68. The summed E-state index contributed by atoms with van der Waals surface area (Å²) in [5.74, 6) is 1.32. The van der Waals surface area contributed by atoms with Crippen LogP contribution in [0.3, 0.4) is 0 Å². The number of nitrogens with zero attached hydrogens (tertiary/aromatic N) is 2. The second-order valence-corrected chi connectivity index (χ2v) is 5.78. The zero-order chi connectivity index (χ0) is 14.0. The van der Waals surface area contributed by atoms with Crippen LogP contribution in [0.2, 0.25) is 5.02 Å². The largest absolute Gasteiger partial charge is 0.327 e. The number of aromatic nitrogens is 2. The molecule has 19 heavy (non-hydrogen) atoms. The average molecular weight is 303 g/mol. The number of fused-ring (bicyclic) bond motifs is 1. The molecule has 0 atom stereocenters. The van der Waals surface area contributed by atoms with Gasteiger partial charge in [0.1, 0.15) is 11.6 Å². The Hall–Kier alpha value is -0.800. The van der Waals surface area contributed by atoms with Crippen molar-refractivity contribution in [2.75, 3.05) is 0 Å². The van der Waals surface area contributed by atoms with Gasteiger partial charge in [0.2, 0.25) is 0 Å². The van der Waals surface area contributed by atoms with Crippen molar-refractivity contribution in [3.05, 3.63) is 28.8 Å². The Kier molecular flexibility index (Phi) is 4.69. The fourth-order valence-corrected chi connectivity index (χ4v) is 2.54. The van der Waals surface area contributed by atoms with Crippen molar-refractivity contribution < 1.29 is 4.39 Å². The summed E-state index contributed by atoms with van der Waals surface area (Å²) >= 11 is 11.7.